The molecule has 1 aliphatic rings. The van der Waals surface area contributed by atoms with E-state index in [-0.39, 0.29) is 28.8 Å². The average molecular weight is 402 g/mol. The molecule has 0 saturated carbocycles. The first-order valence-corrected chi connectivity index (χ1v) is 8.12. The number of rotatable bonds is 3. The van der Waals surface area contributed by atoms with E-state index in [2.05, 4.69) is 20.5 Å². The van der Waals surface area contributed by atoms with E-state index in [1.54, 1.807) is 0 Å². The van der Waals surface area contributed by atoms with Crippen LogP contribution in [0.25, 0.3) is 0 Å². The lowest BCUT2D eigenvalue weighted by Gasteiger charge is -2.33. The molecule has 0 aliphatic carbocycles. The number of aromatic amines is 1. The summed E-state index contributed by atoms with van der Waals surface area (Å²) in [5.41, 5.74) is 2.88. The first-order chi connectivity index (χ1) is 12.6. The summed E-state index contributed by atoms with van der Waals surface area (Å²) in [6.07, 6.45) is 1.23. The van der Waals surface area contributed by atoms with Gasteiger partial charge in [-0.2, -0.15) is 5.10 Å². The van der Waals surface area contributed by atoms with Gasteiger partial charge in [0.05, 0.1) is 11.2 Å². The van der Waals surface area contributed by atoms with E-state index in [0.29, 0.717) is 0 Å². The van der Waals surface area contributed by atoms with Gasteiger partial charge in [-0.1, -0.05) is 11.6 Å². The number of carbonyl (C=O) groups excluding carboxylic acids is 1. The number of nitrogens with one attached hydrogen (secondary N) is 2. The lowest BCUT2D eigenvalue weighted by atomic mass is 9.85. The highest BCUT2D eigenvalue weighted by molar-refractivity contribution is 6.34. The molecule has 2 aromatic rings. The van der Waals surface area contributed by atoms with E-state index in [4.69, 9.17) is 22.1 Å². The number of hydrogen-bond donors (Lipinski definition) is 3. The van der Waals surface area contributed by atoms with Gasteiger partial charge in [-0.25, -0.2) is 13.2 Å². The number of nitrogens with two attached hydrogens (primary N) is 1. The third-order valence-corrected chi connectivity index (χ3v) is 4.47. The van der Waals surface area contributed by atoms with E-state index in [0.717, 1.165) is 19.1 Å². The SMILES string of the molecule is CC1(c2cc(NC(=O)c3[nH]ncc3Cl)ccc2F)N=C(N)COCC1(F)F. The largest absolute Gasteiger partial charge is 0.385 e. The molecule has 3 rings (SSSR count). The monoisotopic (exact) mass is 401 g/mol. The lowest BCUT2D eigenvalue weighted by molar-refractivity contribution is -0.116. The van der Waals surface area contributed by atoms with Crippen LogP contribution < -0.4 is 11.1 Å². The molecule has 0 bridgehead atoms. The van der Waals surface area contributed by atoms with Crippen molar-refractivity contribution in [3.8, 4) is 0 Å². The van der Waals surface area contributed by atoms with Gasteiger partial charge in [-0.15, -0.1) is 0 Å². The van der Waals surface area contributed by atoms with Crippen LogP contribution >= 0.6 is 11.6 Å². The van der Waals surface area contributed by atoms with Crippen molar-refractivity contribution in [1.29, 1.82) is 0 Å². The van der Waals surface area contributed by atoms with Crippen LogP contribution in [-0.2, 0) is 10.3 Å². The van der Waals surface area contributed by atoms with Crippen molar-refractivity contribution in [2.75, 3.05) is 18.5 Å². The predicted octanol–water partition coefficient (Wildman–Crippen LogP) is 2.69. The molecule has 1 amide bonds. The van der Waals surface area contributed by atoms with Gasteiger partial charge < -0.3 is 15.8 Å². The molecule has 0 fully saturated rings. The number of hydrogen-bond acceptors (Lipinski definition) is 5. The van der Waals surface area contributed by atoms with Crippen LogP contribution in [0.4, 0.5) is 18.9 Å². The highest BCUT2D eigenvalue weighted by Crippen LogP contribution is 2.44. The first kappa shape index (κ1) is 19.2. The topological polar surface area (TPSA) is 105 Å². The Morgan fingerprint density at radius 3 is 2.85 bits per heavy atom. The lowest BCUT2D eigenvalue weighted by Crippen LogP contribution is -2.45. The fourth-order valence-electron chi connectivity index (χ4n) is 2.68. The Morgan fingerprint density at radius 2 is 2.19 bits per heavy atom. The number of ether oxygens (including phenoxy) is 1. The average Bonchev–Trinajstić information content (AvgIpc) is 2.98. The van der Waals surface area contributed by atoms with Gasteiger partial charge in [0, 0.05) is 11.3 Å². The Labute approximate surface area is 156 Å². The molecule has 0 radical (unpaired) electrons. The number of nitrogens with zero attached hydrogens (tertiary/aromatic N) is 2. The Morgan fingerprint density at radius 1 is 1.44 bits per heavy atom. The highest BCUT2D eigenvalue weighted by atomic mass is 35.5. The van der Waals surface area contributed by atoms with Gasteiger partial charge in [0.15, 0.2) is 5.54 Å². The Bertz CT molecular complexity index is 917. The van der Waals surface area contributed by atoms with Crippen LogP contribution in [0.5, 0.6) is 0 Å². The number of carbonyl (C=O) groups is 1. The molecule has 1 aromatic carbocycles. The number of amidine groups is 1. The van der Waals surface area contributed by atoms with Gasteiger partial charge in [0.2, 0.25) is 0 Å². The molecule has 4 N–H and O–H groups in total. The molecule has 1 aliphatic heterocycles. The van der Waals surface area contributed by atoms with Crippen LogP contribution in [0.3, 0.4) is 0 Å². The quantitative estimate of drug-likeness (QED) is 0.735. The van der Waals surface area contributed by atoms with Gasteiger partial charge in [0.1, 0.15) is 30.6 Å². The summed E-state index contributed by atoms with van der Waals surface area (Å²) in [5, 5.41) is 8.54. The van der Waals surface area contributed by atoms with Crippen molar-refractivity contribution in [2.45, 2.75) is 18.4 Å². The van der Waals surface area contributed by atoms with Crippen LogP contribution in [0.1, 0.15) is 23.0 Å². The summed E-state index contributed by atoms with van der Waals surface area (Å²) in [7, 11) is 0. The standard InChI is InChI=1S/C16H15ClF3N5O2/c1-15(16(19,20)7-27-6-12(21)24-15)9-4-8(2-3-11(9)18)23-14(26)13-10(17)5-22-25-13/h2-5H,6-7H2,1H3,(H2,21,24)(H,22,25)(H,23,26). The maximum Gasteiger partial charge on any atom is 0.299 e. The van der Waals surface area contributed by atoms with Crippen LogP contribution in [-0.4, -0.2) is 41.1 Å². The van der Waals surface area contributed by atoms with Gasteiger partial charge in [-0.3, -0.25) is 14.9 Å². The zero-order chi connectivity index (χ0) is 19.8. The predicted molar refractivity (Wildman–Crippen MR) is 92.7 cm³/mol. The summed E-state index contributed by atoms with van der Waals surface area (Å²) in [6.45, 7) is -0.209. The van der Waals surface area contributed by atoms with Crippen molar-refractivity contribution in [1.82, 2.24) is 10.2 Å². The number of amides is 1. The molecule has 27 heavy (non-hydrogen) atoms. The van der Waals surface area contributed by atoms with Crippen molar-refractivity contribution < 1.29 is 22.7 Å². The summed E-state index contributed by atoms with van der Waals surface area (Å²) in [6, 6.07) is 3.26. The molecule has 7 nitrogen and oxygen atoms in total. The minimum atomic E-state index is -3.54. The second kappa shape index (κ2) is 6.86. The van der Waals surface area contributed by atoms with Crippen molar-refractivity contribution in [3.05, 3.63) is 46.5 Å². The third kappa shape index (κ3) is 3.50. The number of aliphatic imine (C=N–C) groups is 1. The molecular formula is C16H15ClF3N5O2. The first-order valence-electron chi connectivity index (χ1n) is 7.74. The number of alkyl halides is 2. The molecule has 144 valence electrons. The Hall–Kier alpha value is -2.59. The van der Waals surface area contributed by atoms with E-state index >= 15 is 0 Å². The van der Waals surface area contributed by atoms with E-state index in [1.807, 2.05) is 0 Å². The molecular weight excluding hydrogens is 387 g/mol. The van der Waals surface area contributed by atoms with Crippen molar-refractivity contribution in [3.63, 3.8) is 0 Å². The summed E-state index contributed by atoms with van der Waals surface area (Å²) in [5.74, 6) is -5.32. The fourth-order valence-corrected chi connectivity index (χ4v) is 2.86. The number of H-pyrrole nitrogens is 1. The van der Waals surface area contributed by atoms with Crippen LogP contribution in [0, 0.1) is 5.82 Å². The number of halogens is 4. The normalized spacial score (nSPS) is 22.0. The second-order valence-corrected chi connectivity index (χ2v) is 6.52. The van der Waals surface area contributed by atoms with Gasteiger partial charge >= 0.3 is 0 Å². The highest BCUT2D eigenvalue weighted by Gasteiger charge is 2.54. The summed E-state index contributed by atoms with van der Waals surface area (Å²) >= 11 is 5.81. The van der Waals surface area contributed by atoms with Gasteiger partial charge in [-0.05, 0) is 25.1 Å². The van der Waals surface area contributed by atoms with Crippen LogP contribution in [0.2, 0.25) is 5.02 Å². The minimum Gasteiger partial charge on any atom is -0.385 e. The maximum absolute atomic E-state index is 14.7. The molecule has 1 aromatic heterocycles. The molecule has 0 spiro atoms. The van der Waals surface area contributed by atoms with E-state index in [9.17, 15) is 18.0 Å². The number of aromatic nitrogens is 2. The smallest absolute Gasteiger partial charge is 0.299 e. The Balaban J connectivity index is 2.01. The summed E-state index contributed by atoms with van der Waals surface area (Å²) < 4.78 is 48.6. The number of benzene rings is 1. The number of anilines is 1. The minimum absolute atomic E-state index is 0.0239. The third-order valence-electron chi connectivity index (χ3n) is 4.18. The second-order valence-electron chi connectivity index (χ2n) is 6.11. The maximum atomic E-state index is 14.7. The Kier molecular flexibility index (Phi) is 4.87. The van der Waals surface area contributed by atoms with Gasteiger partial charge in [0.25, 0.3) is 11.8 Å². The van der Waals surface area contributed by atoms with Crippen molar-refractivity contribution in [2.24, 2.45) is 10.7 Å². The van der Waals surface area contributed by atoms with Crippen LogP contribution in [0.15, 0.2) is 29.4 Å². The van der Waals surface area contributed by atoms with E-state index < -0.39 is 35.4 Å². The van der Waals surface area contributed by atoms with Crippen molar-refractivity contribution >= 4 is 29.0 Å². The molecule has 1 unspecified atom stereocenters. The zero-order valence-corrected chi connectivity index (χ0v) is 14.8. The fraction of sp³-hybridized carbons (Fsp3) is 0.312. The molecule has 0 saturated heterocycles. The summed E-state index contributed by atoms with van der Waals surface area (Å²) in [4.78, 5) is 16.0. The molecule has 2 heterocycles. The molecule has 1 atom stereocenters. The molecule has 11 heteroatoms. The van der Waals surface area contributed by atoms with E-state index in [1.165, 1.54) is 12.3 Å². The zero-order valence-electron chi connectivity index (χ0n) is 14.0.